The maximum absolute atomic E-state index is 12.5. The van der Waals surface area contributed by atoms with Gasteiger partial charge in [0.05, 0.1) is 5.92 Å². The van der Waals surface area contributed by atoms with Crippen LogP contribution < -0.4 is 0 Å². The number of hydrogen-bond acceptors (Lipinski definition) is 5. The van der Waals surface area contributed by atoms with E-state index in [0.29, 0.717) is 24.8 Å². The van der Waals surface area contributed by atoms with Crippen molar-refractivity contribution in [1.29, 1.82) is 0 Å². The summed E-state index contributed by atoms with van der Waals surface area (Å²) >= 11 is 0. The van der Waals surface area contributed by atoms with Gasteiger partial charge < -0.3 is 14.2 Å². The van der Waals surface area contributed by atoms with Crippen LogP contribution in [0.15, 0.2) is 28.8 Å². The zero-order valence-corrected chi connectivity index (χ0v) is 21.6. The van der Waals surface area contributed by atoms with Gasteiger partial charge >= 0.3 is 6.09 Å². The molecule has 1 aliphatic heterocycles. The fourth-order valence-corrected chi connectivity index (χ4v) is 4.47. The second kappa shape index (κ2) is 12.9. The molecule has 0 radical (unpaired) electrons. The van der Waals surface area contributed by atoms with Crippen LogP contribution >= 0.6 is 0 Å². The SMILES string of the molecule is CCCCCCCCCCc1ccc(-c2noc([C@H]3CCCN(C(=O)OC(C)(C)C)C3)n2)cc1. The van der Waals surface area contributed by atoms with Crippen LogP contribution in [0.25, 0.3) is 11.4 Å². The second-order valence-corrected chi connectivity index (χ2v) is 10.6. The number of aryl methyl sites for hydroxylation is 1. The van der Waals surface area contributed by atoms with E-state index in [4.69, 9.17) is 9.26 Å². The molecule has 0 bridgehead atoms. The molecule has 1 atom stereocenters. The third-order valence-electron chi connectivity index (χ3n) is 6.40. The molecule has 188 valence electrons. The van der Waals surface area contributed by atoms with Gasteiger partial charge in [-0.05, 0) is 52.0 Å². The van der Waals surface area contributed by atoms with Gasteiger partial charge in [-0.2, -0.15) is 4.98 Å². The Labute approximate surface area is 205 Å². The number of nitrogens with zero attached hydrogens (tertiary/aromatic N) is 3. The number of hydrogen-bond donors (Lipinski definition) is 0. The van der Waals surface area contributed by atoms with Crippen LogP contribution in [0.5, 0.6) is 0 Å². The summed E-state index contributed by atoms with van der Waals surface area (Å²) in [5.41, 5.74) is 1.83. The summed E-state index contributed by atoms with van der Waals surface area (Å²) in [6.45, 7) is 9.17. The molecule has 3 rings (SSSR count). The Bertz CT molecular complexity index is 870. The highest BCUT2D eigenvalue weighted by atomic mass is 16.6. The molecule has 1 fully saturated rings. The first-order chi connectivity index (χ1) is 16.4. The van der Waals surface area contributed by atoms with Crippen LogP contribution in [0.1, 0.15) is 109 Å². The fourth-order valence-electron chi connectivity index (χ4n) is 4.47. The molecule has 1 amide bonds. The lowest BCUT2D eigenvalue weighted by molar-refractivity contribution is 0.0189. The zero-order chi connectivity index (χ0) is 24.4. The first-order valence-corrected chi connectivity index (χ1v) is 13.3. The lowest BCUT2D eigenvalue weighted by Gasteiger charge is -2.32. The van der Waals surface area contributed by atoms with Crippen molar-refractivity contribution >= 4 is 6.09 Å². The van der Waals surface area contributed by atoms with Crippen molar-refractivity contribution in [2.45, 2.75) is 110 Å². The fraction of sp³-hybridized carbons (Fsp3) is 0.679. The molecule has 0 spiro atoms. The molecule has 0 N–H and O–H groups in total. The Hall–Kier alpha value is -2.37. The number of likely N-dealkylation sites (tertiary alicyclic amines) is 1. The van der Waals surface area contributed by atoms with Crippen molar-refractivity contribution in [3.8, 4) is 11.4 Å². The molecule has 1 aliphatic rings. The van der Waals surface area contributed by atoms with E-state index in [1.807, 2.05) is 20.8 Å². The number of benzene rings is 1. The number of amides is 1. The van der Waals surface area contributed by atoms with Gasteiger partial charge in [0.2, 0.25) is 11.7 Å². The van der Waals surface area contributed by atoms with Crippen molar-refractivity contribution in [2.24, 2.45) is 0 Å². The van der Waals surface area contributed by atoms with E-state index in [1.54, 1.807) is 4.90 Å². The quantitative estimate of drug-likeness (QED) is 0.318. The number of rotatable bonds is 11. The predicted molar refractivity (Wildman–Crippen MR) is 136 cm³/mol. The summed E-state index contributed by atoms with van der Waals surface area (Å²) in [5, 5.41) is 4.22. The molecule has 1 saturated heterocycles. The molecule has 0 saturated carbocycles. The molecule has 0 unspecified atom stereocenters. The van der Waals surface area contributed by atoms with E-state index < -0.39 is 5.60 Å². The minimum Gasteiger partial charge on any atom is -0.444 e. The van der Waals surface area contributed by atoms with Crippen molar-refractivity contribution in [2.75, 3.05) is 13.1 Å². The average Bonchev–Trinajstić information content (AvgIpc) is 3.31. The molecule has 34 heavy (non-hydrogen) atoms. The van der Waals surface area contributed by atoms with E-state index in [9.17, 15) is 4.79 Å². The Kier molecular flexibility index (Phi) is 9.97. The van der Waals surface area contributed by atoms with Crippen LogP contribution in [0.3, 0.4) is 0 Å². The Balaban J connectivity index is 1.46. The molecule has 6 nitrogen and oxygen atoms in total. The maximum Gasteiger partial charge on any atom is 0.410 e. The van der Waals surface area contributed by atoms with Gasteiger partial charge in [0.15, 0.2) is 0 Å². The smallest absolute Gasteiger partial charge is 0.410 e. The minimum atomic E-state index is -0.498. The Morgan fingerprint density at radius 1 is 1.06 bits per heavy atom. The molecule has 2 aromatic rings. The van der Waals surface area contributed by atoms with Gasteiger partial charge in [0.1, 0.15) is 5.60 Å². The van der Waals surface area contributed by atoms with Crippen LogP contribution in [-0.4, -0.2) is 39.8 Å². The molecule has 1 aromatic carbocycles. The van der Waals surface area contributed by atoms with Gasteiger partial charge in [0, 0.05) is 18.7 Å². The van der Waals surface area contributed by atoms with Crippen molar-refractivity contribution in [1.82, 2.24) is 15.0 Å². The minimum absolute atomic E-state index is 0.0452. The van der Waals surface area contributed by atoms with Gasteiger partial charge in [-0.25, -0.2) is 4.79 Å². The third-order valence-corrected chi connectivity index (χ3v) is 6.40. The Morgan fingerprint density at radius 3 is 2.41 bits per heavy atom. The van der Waals surface area contributed by atoms with Gasteiger partial charge in [-0.3, -0.25) is 0 Å². The van der Waals surface area contributed by atoms with Crippen LogP contribution in [0.2, 0.25) is 0 Å². The van der Waals surface area contributed by atoms with Crippen molar-refractivity contribution in [3.63, 3.8) is 0 Å². The summed E-state index contributed by atoms with van der Waals surface area (Å²) in [6.07, 6.45) is 13.4. The summed E-state index contributed by atoms with van der Waals surface area (Å²) in [6, 6.07) is 8.53. The number of aromatic nitrogens is 2. The normalized spacial score (nSPS) is 16.6. The first-order valence-electron chi connectivity index (χ1n) is 13.3. The lowest BCUT2D eigenvalue weighted by Crippen LogP contribution is -2.42. The molecule has 1 aromatic heterocycles. The van der Waals surface area contributed by atoms with E-state index in [0.717, 1.165) is 24.8 Å². The van der Waals surface area contributed by atoms with Gasteiger partial charge in [-0.1, -0.05) is 81.3 Å². The van der Waals surface area contributed by atoms with E-state index >= 15 is 0 Å². The summed E-state index contributed by atoms with van der Waals surface area (Å²) in [7, 11) is 0. The molecular weight excluding hydrogens is 426 g/mol. The van der Waals surface area contributed by atoms with Crippen molar-refractivity contribution < 1.29 is 14.1 Å². The van der Waals surface area contributed by atoms with Crippen LogP contribution in [0.4, 0.5) is 4.79 Å². The van der Waals surface area contributed by atoms with E-state index in [2.05, 4.69) is 41.3 Å². The molecule has 0 aliphatic carbocycles. The van der Waals surface area contributed by atoms with E-state index in [-0.39, 0.29) is 12.0 Å². The second-order valence-electron chi connectivity index (χ2n) is 10.6. The summed E-state index contributed by atoms with van der Waals surface area (Å²) < 4.78 is 11.1. The highest BCUT2D eigenvalue weighted by molar-refractivity contribution is 5.68. The number of carbonyl (C=O) groups is 1. The summed E-state index contributed by atoms with van der Waals surface area (Å²) in [4.78, 5) is 18.9. The maximum atomic E-state index is 12.5. The zero-order valence-electron chi connectivity index (χ0n) is 21.6. The Morgan fingerprint density at radius 2 is 1.74 bits per heavy atom. The predicted octanol–water partition coefficient (Wildman–Crippen LogP) is 7.53. The highest BCUT2D eigenvalue weighted by Gasteiger charge is 2.31. The average molecular weight is 470 g/mol. The lowest BCUT2D eigenvalue weighted by atomic mass is 9.98. The number of unbranched alkanes of at least 4 members (excludes halogenated alkanes) is 7. The number of ether oxygens (including phenoxy) is 1. The number of carbonyl (C=O) groups excluding carboxylic acids is 1. The largest absolute Gasteiger partial charge is 0.444 e. The molecule has 2 heterocycles. The molecular formula is C28H43N3O3. The van der Waals surface area contributed by atoms with E-state index in [1.165, 1.54) is 56.9 Å². The highest BCUT2D eigenvalue weighted by Crippen LogP contribution is 2.28. The first kappa shape index (κ1) is 26.2. The summed E-state index contributed by atoms with van der Waals surface area (Å²) in [5.74, 6) is 1.26. The van der Waals surface area contributed by atoms with Gasteiger partial charge in [0.25, 0.3) is 0 Å². The monoisotopic (exact) mass is 469 g/mol. The topological polar surface area (TPSA) is 68.5 Å². The molecule has 6 heteroatoms. The van der Waals surface area contributed by atoms with Crippen LogP contribution in [-0.2, 0) is 11.2 Å². The van der Waals surface area contributed by atoms with Crippen molar-refractivity contribution in [3.05, 3.63) is 35.7 Å². The van der Waals surface area contributed by atoms with Crippen LogP contribution in [0, 0.1) is 0 Å². The van der Waals surface area contributed by atoms with Gasteiger partial charge in [-0.15, -0.1) is 0 Å². The third kappa shape index (κ3) is 8.44. The number of piperidine rings is 1. The standard InChI is InChI=1S/C28H43N3O3/c1-5-6-7-8-9-10-11-12-14-22-16-18-23(19-17-22)25-29-26(34-30-25)24-15-13-20-31(21-24)27(32)33-28(2,3)4/h16-19,24H,5-15,20-21H2,1-4H3/t24-/m0/s1.